The molecule has 0 bridgehead atoms. The molecule has 1 aliphatic carbocycles. The second-order valence-electron chi connectivity index (χ2n) is 6.14. The number of ketones is 1. The molecule has 1 aromatic carbocycles. The van der Waals surface area contributed by atoms with Crippen LogP contribution in [0.4, 0.5) is 22.0 Å². The van der Waals surface area contributed by atoms with E-state index in [0.717, 1.165) is 19.1 Å². The van der Waals surface area contributed by atoms with Crippen molar-refractivity contribution >= 4 is 17.5 Å². The lowest BCUT2D eigenvalue weighted by molar-refractivity contribution is -0.167. The molecule has 24 heavy (non-hydrogen) atoms. The zero-order valence-electron chi connectivity index (χ0n) is 12.8. The van der Waals surface area contributed by atoms with E-state index in [-0.39, 0.29) is 10.6 Å². The van der Waals surface area contributed by atoms with Crippen molar-refractivity contribution in [1.29, 1.82) is 0 Å². The first-order chi connectivity index (χ1) is 11.0. The van der Waals surface area contributed by atoms with Gasteiger partial charge in [0, 0.05) is 17.5 Å². The van der Waals surface area contributed by atoms with Gasteiger partial charge in [0.1, 0.15) is 11.6 Å². The molecule has 0 radical (unpaired) electrons. The molecule has 1 aliphatic heterocycles. The minimum atomic E-state index is -4.68. The molecule has 0 saturated heterocycles. The molecule has 0 amide bonds. The van der Waals surface area contributed by atoms with E-state index < -0.39 is 40.3 Å². The number of carbonyl (C=O) groups excluding carboxylic acids is 1. The van der Waals surface area contributed by atoms with Crippen LogP contribution in [0.5, 0.6) is 0 Å². The van der Waals surface area contributed by atoms with Crippen molar-refractivity contribution in [3.63, 3.8) is 0 Å². The molecule has 0 aromatic heterocycles. The van der Waals surface area contributed by atoms with E-state index in [2.05, 4.69) is 5.32 Å². The third-order valence-corrected chi connectivity index (χ3v) is 5.81. The predicted molar refractivity (Wildman–Crippen MR) is 80.1 cm³/mol. The molecule has 0 spiro atoms. The standard InChI is InChI=1S/C16H14F5NOS/c1-7(9-4-3-8(17)5-12(9)18)22-14-11-6-10(11)13(23)15(2,24-14)16(19,20)21/h3-5,7,10,22H,6H2,1-2H3/t7-,10?,15?/m0/s1. The number of thioether (sulfide) groups is 1. The average molecular weight is 363 g/mol. The first-order valence-electron chi connectivity index (χ1n) is 7.29. The van der Waals surface area contributed by atoms with Crippen LogP contribution in [-0.4, -0.2) is 16.7 Å². The third-order valence-electron chi connectivity index (χ3n) is 4.39. The number of hydrogen-bond acceptors (Lipinski definition) is 3. The van der Waals surface area contributed by atoms with Gasteiger partial charge in [-0.2, -0.15) is 13.2 Å². The van der Waals surface area contributed by atoms with Crippen LogP contribution in [0.25, 0.3) is 0 Å². The van der Waals surface area contributed by atoms with Gasteiger partial charge in [0.05, 0.1) is 11.1 Å². The zero-order chi connectivity index (χ0) is 17.9. The summed E-state index contributed by atoms with van der Waals surface area (Å²) in [7, 11) is 0. The van der Waals surface area contributed by atoms with E-state index in [1.165, 1.54) is 6.07 Å². The van der Waals surface area contributed by atoms with Gasteiger partial charge in [-0.3, -0.25) is 4.79 Å². The van der Waals surface area contributed by atoms with Crippen molar-refractivity contribution in [3.05, 3.63) is 46.0 Å². The molecule has 2 unspecified atom stereocenters. The quantitative estimate of drug-likeness (QED) is 0.803. The number of halogens is 5. The van der Waals surface area contributed by atoms with Gasteiger partial charge in [-0.15, -0.1) is 0 Å². The van der Waals surface area contributed by atoms with Crippen molar-refractivity contribution in [2.75, 3.05) is 0 Å². The topological polar surface area (TPSA) is 29.1 Å². The summed E-state index contributed by atoms with van der Waals surface area (Å²) in [5.41, 5.74) is 0.772. The number of Topliss-reactive ketones (excluding diaryl/α,β-unsaturated/α-hetero) is 1. The number of benzene rings is 1. The van der Waals surface area contributed by atoms with E-state index in [9.17, 15) is 26.7 Å². The van der Waals surface area contributed by atoms with Gasteiger partial charge in [0.2, 0.25) is 0 Å². The van der Waals surface area contributed by atoms with Crippen LogP contribution < -0.4 is 5.32 Å². The lowest BCUT2D eigenvalue weighted by atomic mass is 10.00. The summed E-state index contributed by atoms with van der Waals surface area (Å²) in [6, 6.07) is 2.40. The Labute approximate surface area is 139 Å². The Morgan fingerprint density at radius 3 is 2.58 bits per heavy atom. The van der Waals surface area contributed by atoms with Gasteiger partial charge in [0.25, 0.3) is 0 Å². The molecule has 2 nitrogen and oxygen atoms in total. The van der Waals surface area contributed by atoms with Gasteiger partial charge >= 0.3 is 6.18 Å². The Morgan fingerprint density at radius 2 is 2.00 bits per heavy atom. The van der Waals surface area contributed by atoms with Gasteiger partial charge in [-0.1, -0.05) is 17.8 Å². The van der Waals surface area contributed by atoms with Crippen LogP contribution in [0, 0.1) is 17.6 Å². The fraction of sp³-hybridized carbons (Fsp3) is 0.438. The Morgan fingerprint density at radius 1 is 1.33 bits per heavy atom. The highest BCUT2D eigenvalue weighted by Gasteiger charge is 2.65. The number of hydrogen-bond donors (Lipinski definition) is 1. The Balaban J connectivity index is 1.86. The fourth-order valence-electron chi connectivity index (χ4n) is 2.76. The van der Waals surface area contributed by atoms with Crippen molar-refractivity contribution < 1.29 is 26.7 Å². The lowest BCUT2D eigenvalue weighted by Crippen LogP contribution is -2.49. The number of alkyl halides is 3. The molecule has 1 heterocycles. The molecular formula is C16H14F5NOS. The Kier molecular flexibility index (Phi) is 3.94. The zero-order valence-corrected chi connectivity index (χ0v) is 13.6. The van der Waals surface area contributed by atoms with Crippen molar-refractivity contribution in [2.45, 2.75) is 37.2 Å². The van der Waals surface area contributed by atoms with Crippen LogP contribution in [0.15, 0.2) is 28.8 Å². The van der Waals surface area contributed by atoms with Crippen LogP contribution in [0.2, 0.25) is 0 Å². The lowest BCUT2D eigenvalue weighted by Gasteiger charge is -2.34. The predicted octanol–water partition coefficient (Wildman–Crippen LogP) is 4.48. The third kappa shape index (κ3) is 2.70. The summed E-state index contributed by atoms with van der Waals surface area (Å²) in [6.45, 7) is 2.45. The van der Waals surface area contributed by atoms with Gasteiger partial charge < -0.3 is 5.32 Å². The van der Waals surface area contributed by atoms with E-state index in [4.69, 9.17) is 0 Å². The minimum Gasteiger partial charge on any atom is -0.373 e. The maximum Gasteiger partial charge on any atom is 0.410 e. The molecule has 3 atom stereocenters. The second-order valence-corrected chi connectivity index (χ2v) is 7.57. The largest absolute Gasteiger partial charge is 0.410 e. The van der Waals surface area contributed by atoms with E-state index in [1.807, 2.05) is 0 Å². The monoisotopic (exact) mass is 363 g/mol. The highest BCUT2D eigenvalue weighted by Crippen LogP contribution is 2.59. The first kappa shape index (κ1) is 17.3. The van der Waals surface area contributed by atoms with E-state index in [1.54, 1.807) is 6.92 Å². The molecule has 1 aromatic rings. The van der Waals surface area contributed by atoms with Crippen molar-refractivity contribution in [1.82, 2.24) is 5.32 Å². The summed E-state index contributed by atoms with van der Waals surface area (Å²) in [5, 5.41) is 3.12. The van der Waals surface area contributed by atoms with Crippen LogP contribution in [0.3, 0.4) is 0 Å². The highest BCUT2D eigenvalue weighted by molar-refractivity contribution is 8.05. The smallest absolute Gasteiger partial charge is 0.373 e. The molecule has 2 aliphatic rings. The molecule has 3 rings (SSSR count). The number of rotatable bonds is 3. The summed E-state index contributed by atoms with van der Waals surface area (Å²) >= 11 is 0.428. The molecule has 1 saturated carbocycles. The highest BCUT2D eigenvalue weighted by atomic mass is 32.2. The number of fused-ring (bicyclic) bond motifs is 1. The minimum absolute atomic E-state index is 0.146. The fourth-order valence-corrected chi connectivity index (χ4v) is 4.12. The molecular weight excluding hydrogens is 349 g/mol. The van der Waals surface area contributed by atoms with E-state index >= 15 is 0 Å². The molecule has 130 valence electrons. The van der Waals surface area contributed by atoms with Crippen LogP contribution in [0.1, 0.15) is 31.9 Å². The van der Waals surface area contributed by atoms with Crippen LogP contribution >= 0.6 is 11.8 Å². The van der Waals surface area contributed by atoms with Gasteiger partial charge in [-0.25, -0.2) is 8.78 Å². The van der Waals surface area contributed by atoms with Crippen LogP contribution in [-0.2, 0) is 4.79 Å². The normalized spacial score (nSPS) is 27.8. The van der Waals surface area contributed by atoms with Gasteiger partial charge in [0.15, 0.2) is 10.5 Å². The molecule has 1 N–H and O–H groups in total. The maximum absolute atomic E-state index is 13.8. The molecule has 8 heteroatoms. The Hall–Kier alpha value is -1.57. The Bertz CT molecular complexity index is 744. The number of carbonyl (C=O) groups is 1. The SMILES string of the molecule is C[C@H](NC1=C2CC2C(=O)C(C)(C(F)(F)F)S1)c1ccc(F)cc1F. The summed E-state index contributed by atoms with van der Waals surface area (Å²) in [4.78, 5) is 12.0. The maximum atomic E-state index is 13.8. The summed E-state index contributed by atoms with van der Waals surface area (Å²) in [5.74, 6) is -3.05. The van der Waals surface area contributed by atoms with E-state index in [0.29, 0.717) is 23.8 Å². The summed E-state index contributed by atoms with van der Waals surface area (Å²) < 4.78 is 64.2. The van der Waals surface area contributed by atoms with Gasteiger partial charge in [-0.05, 0) is 31.9 Å². The average Bonchev–Trinajstić information content (AvgIpc) is 3.23. The van der Waals surface area contributed by atoms with Crippen molar-refractivity contribution in [3.8, 4) is 0 Å². The second kappa shape index (κ2) is 5.47. The first-order valence-corrected chi connectivity index (χ1v) is 8.11. The molecule has 1 fully saturated rings. The number of allylic oxidation sites excluding steroid dienone is 1. The summed E-state index contributed by atoms with van der Waals surface area (Å²) in [6.07, 6.45) is -4.39. The van der Waals surface area contributed by atoms with Crippen molar-refractivity contribution in [2.24, 2.45) is 5.92 Å². The number of nitrogens with one attached hydrogen (secondary N) is 1.